The zero-order valence-electron chi connectivity index (χ0n) is 13.9. The standard InChI is InChI=1S/C20H26O4/c21-5-19-15-7-1-3-9-11(7)17-13(15)14-16(20(17,6-22)23-9)8-2-4-10(24-19)12(8)18(14)19/h7-18,21-22H,1-6H2/t7-,8-,9-,10+,11+,12+,13-,14-,15+,16+,17-,18-,19-,20-/m1/s1. The van der Waals surface area contributed by atoms with Crippen molar-refractivity contribution in [2.45, 2.75) is 49.1 Å². The van der Waals surface area contributed by atoms with Crippen LogP contribution in [-0.2, 0) is 9.47 Å². The molecule has 2 aliphatic heterocycles. The average molecular weight is 330 g/mol. The summed E-state index contributed by atoms with van der Waals surface area (Å²) < 4.78 is 13.6. The molecule has 0 radical (unpaired) electrons. The Morgan fingerprint density at radius 3 is 1.50 bits per heavy atom. The summed E-state index contributed by atoms with van der Waals surface area (Å²) in [7, 11) is 0. The number of rotatable bonds is 2. The van der Waals surface area contributed by atoms with Gasteiger partial charge in [-0.1, -0.05) is 0 Å². The Kier molecular flexibility index (Phi) is 1.90. The monoisotopic (exact) mass is 330 g/mol. The highest BCUT2D eigenvalue weighted by molar-refractivity contribution is 5.36. The SMILES string of the molecule is OC[C@]12O[C@H]3CC[C@@H]4[C@@H]3[C@@H]1[C@@H]1[C@H]3[C@H]5[C@H]6[C@@H](CC[C@H]6O[C@]5(CO)[C@@H]41)[C@@H]32. The van der Waals surface area contributed by atoms with Crippen LogP contribution in [0.15, 0.2) is 0 Å². The Morgan fingerprint density at radius 2 is 1.08 bits per heavy atom. The maximum Gasteiger partial charge on any atom is 0.0983 e. The molecule has 8 aliphatic rings. The topological polar surface area (TPSA) is 58.9 Å². The molecular formula is C20H26O4. The van der Waals surface area contributed by atoms with E-state index in [4.69, 9.17) is 9.47 Å². The maximum atomic E-state index is 10.6. The van der Waals surface area contributed by atoms with Crippen LogP contribution in [0.1, 0.15) is 25.7 Å². The Morgan fingerprint density at radius 1 is 0.625 bits per heavy atom. The zero-order chi connectivity index (χ0) is 15.6. The van der Waals surface area contributed by atoms with Crippen molar-refractivity contribution in [1.29, 1.82) is 0 Å². The molecule has 2 saturated heterocycles. The van der Waals surface area contributed by atoms with Gasteiger partial charge in [0.25, 0.3) is 0 Å². The minimum absolute atomic E-state index is 0.232. The van der Waals surface area contributed by atoms with Gasteiger partial charge in [0.05, 0.1) is 36.6 Å². The first-order valence-electron chi connectivity index (χ1n) is 10.3. The largest absolute Gasteiger partial charge is 0.393 e. The van der Waals surface area contributed by atoms with Gasteiger partial charge in [0.1, 0.15) is 0 Å². The summed E-state index contributed by atoms with van der Waals surface area (Å²) in [5.74, 6) is 6.15. The zero-order valence-corrected chi connectivity index (χ0v) is 13.9. The van der Waals surface area contributed by atoms with Crippen LogP contribution < -0.4 is 0 Å². The van der Waals surface area contributed by atoms with Gasteiger partial charge in [0.15, 0.2) is 0 Å². The molecular weight excluding hydrogens is 304 g/mol. The minimum Gasteiger partial charge on any atom is -0.393 e. The summed E-state index contributed by atoms with van der Waals surface area (Å²) in [5, 5.41) is 21.2. The molecule has 0 aromatic heterocycles. The van der Waals surface area contributed by atoms with Crippen LogP contribution in [0, 0.1) is 59.2 Å². The lowest BCUT2D eigenvalue weighted by atomic mass is 9.72. The number of aliphatic hydroxyl groups excluding tert-OH is 2. The van der Waals surface area contributed by atoms with Gasteiger partial charge in [0, 0.05) is 0 Å². The molecule has 2 heterocycles. The molecule has 0 bridgehead atoms. The second-order valence-corrected chi connectivity index (χ2v) is 10.4. The van der Waals surface area contributed by atoms with E-state index in [0.717, 1.165) is 12.8 Å². The van der Waals surface area contributed by atoms with Crippen LogP contribution >= 0.6 is 0 Å². The third-order valence-corrected chi connectivity index (χ3v) is 10.8. The molecule has 4 nitrogen and oxygen atoms in total. The summed E-state index contributed by atoms with van der Waals surface area (Å²) in [6, 6.07) is 0. The quantitative estimate of drug-likeness (QED) is 0.795. The average Bonchev–Trinajstić information content (AvgIpc) is 3.36. The van der Waals surface area contributed by atoms with Crippen LogP contribution in [0.2, 0.25) is 0 Å². The summed E-state index contributed by atoms with van der Waals surface area (Å²) in [4.78, 5) is 0. The Balaban J connectivity index is 1.44. The fourth-order valence-corrected chi connectivity index (χ4v) is 11.1. The summed E-state index contributed by atoms with van der Waals surface area (Å²) in [6.45, 7) is 0.463. The maximum absolute atomic E-state index is 10.6. The fourth-order valence-electron chi connectivity index (χ4n) is 11.1. The van der Waals surface area contributed by atoms with Crippen LogP contribution in [0.5, 0.6) is 0 Å². The summed E-state index contributed by atoms with van der Waals surface area (Å²) >= 11 is 0. The normalized spacial score (nSPS) is 77.2. The van der Waals surface area contributed by atoms with Crippen molar-refractivity contribution in [1.82, 2.24) is 0 Å². The molecule has 6 saturated carbocycles. The molecule has 130 valence electrons. The molecule has 8 fully saturated rings. The predicted octanol–water partition coefficient (Wildman–Crippen LogP) is 1.05. The Labute approximate surface area is 141 Å². The van der Waals surface area contributed by atoms with E-state index in [1.807, 2.05) is 0 Å². The predicted molar refractivity (Wildman–Crippen MR) is 82.7 cm³/mol. The molecule has 0 aromatic carbocycles. The first kappa shape index (κ1) is 13.1. The first-order chi connectivity index (χ1) is 11.8. The van der Waals surface area contributed by atoms with Crippen molar-refractivity contribution < 1.29 is 19.7 Å². The van der Waals surface area contributed by atoms with Gasteiger partial charge < -0.3 is 19.7 Å². The second-order valence-electron chi connectivity index (χ2n) is 10.4. The van der Waals surface area contributed by atoms with Crippen molar-refractivity contribution in [3.8, 4) is 0 Å². The third-order valence-electron chi connectivity index (χ3n) is 10.8. The van der Waals surface area contributed by atoms with E-state index in [9.17, 15) is 10.2 Å². The van der Waals surface area contributed by atoms with Gasteiger partial charge in [-0.3, -0.25) is 0 Å². The van der Waals surface area contributed by atoms with E-state index in [1.165, 1.54) is 12.8 Å². The molecule has 0 unspecified atom stereocenters. The van der Waals surface area contributed by atoms with Crippen molar-refractivity contribution >= 4 is 0 Å². The first-order valence-corrected chi connectivity index (χ1v) is 10.3. The van der Waals surface area contributed by atoms with Crippen LogP contribution in [0.25, 0.3) is 0 Å². The second kappa shape index (κ2) is 3.49. The van der Waals surface area contributed by atoms with Crippen molar-refractivity contribution in [3.63, 3.8) is 0 Å². The molecule has 0 spiro atoms. The lowest BCUT2D eigenvalue weighted by molar-refractivity contribution is -0.147. The number of ether oxygens (including phenoxy) is 2. The van der Waals surface area contributed by atoms with Crippen molar-refractivity contribution in [3.05, 3.63) is 0 Å². The van der Waals surface area contributed by atoms with Crippen LogP contribution in [-0.4, -0.2) is 46.8 Å². The highest BCUT2D eigenvalue weighted by Crippen LogP contribution is 2.86. The molecule has 24 heavy (non-hydrogen) atoms. The van der Waals surface area contributed by atoms with Gasteiger partial charge >= 0.3 is 0 Å². The molecule has 4 heteroatoms. The van der Waals surface area contributed by atoms with Gasteiger partial charge in [0.2, 0.25) is 0 Å². The molecule has 6 aliphatic carbocycles. The number of aliphatic hydroxyl groups is 2. The Hall–Kier alpha value is -0.160. The lowest BCUT2D eigenvalue weighted by Gasteiger charge is -2.38. The summed E-state index contributed by atoms with van der Waals surface area (Å²) in [5.41, 5.74) is -0.465. The van der Waals surface area contributed by atoms with Crippen molar-refractivity contribution in [2.75, 3.05) is 13.2 Å². The van der Waals surface area contributed by atoms with Gasteiger partial charge in [-0.15, -0.1) is 0 Å². The van der Waals surface area contributed by atoms with Crippen molar-refractivity contribution in [2.24, 2.45) is 59.2 Å². The molecule has 2 N–H and O–H groups in total. The van der Waals surface area contributed by atoms with Crippen LogP contribution in [0.3, 0.4) is 0 Å². The van der Waals surface area contributed by atoms with E-state index in [-0.39, 0.29) is 24.4 Å². The summed E-state index contributed by atoms with van der Waals surface area (Å²) in [6.07, 6.45) is 5.59. The highest BCUT2D eigenvalue weighted by Gasteiger charge is 2.89. The number of fused-ring (bicyclic) bond motifs is 4. The molecule has 14 atom stereocenters. The Bertz CT molecular complexity index is 610. The minimum atomic E-state index is -0.233. The van der Waals surface area contributed by atoms with E-state index in [0.29, 0.717) is 71.4 Å². The fraction of sp³-hybridized carbons (Fsp3) is 1.00. The van der Waals surface area contributed by atoms with E-state index >= 15 is 0 Å². The highest BCUT2D eigenvalue weighted by atomic mass is 16.5. The third kappa shape index (κ3) is 0.915. The van der Waals surface area contributed by atoms with E-state index in [1.54, 1.807) is 0 Å². The molecule has 8 rings (SSSR count). The van der Waals surface area contributed by atoms with E-state index in [2.05, 4.69) is 0 Å². The van der Waals surface area contributed by atoms with Crippen LogP contribution in [0.4, 0.5) is 0 Å². The van der Waals surface area contributed by atoms with Gasteiger partial charge in [-0.05, 0) is 84.9 Å². The van der Waals surface area contributed by atoms with E-state index < -0.39 is 0 Å². The number of hydrogen-bond donors (Lipinski definition) is 2. The lowest BCUT2D eigenvalue weighted by Crippen LogP contribution is -2.48. The molecule has 0 amide bonds. The molecule has 0 aromatic rings. The van der Waals surface area contributed by atoms with Gasteiger partial charge in [-0.25, -0.2) is 0 Å². The number of hydrogen-bond acceptors (Lipinski definition) is 4. The van der Waals surface area contributed by atoms with Gasteiger partial charge in [-0.2, -0.15) is 0 Å². The smallest absolute Gasteiger partial charge is 0.0983 e.